The Morgan fingerprint density at radius 2 is 2.18 bits per heavy atom. The fourth-order valence-electron chi connectivity index (χ4n) is 2.24. The molecule has 1 saturated heterocycles. The first-order valence-corrected chi connectivity index (χ1v) is 8.01. The molecule has 1 aromatic rings. The maximum absolute atomic E-state index is 11.2. The lowest BCUT2D eigenvalue weighted by molar-refractivity contribution is 0.441. The first-order valence-electron chi connectivity index (χ1n) is 5.95. The highest BCUT2D eigenvalue weighted by molar-refractivity contribution is 7.90. The average molecular weight is 257 g/mol. The van der Waals surface area contributed by atoms with Crippen molar-refractivity contribution in [3.05, 3.63) is 18.2 Å². The molecule has 6 heteroatoms. The molecule has 2 heterocycles. The van der Waals surface area contributed by atoms with E-state index in [0.29, 0.717) is 12.5 Å². The highest BCUT2D eigenvalue weighted by Crippen LogP contribution is 2.24. The fourth-order valence-corrected chi connectivity index (χ4v) is 2.77. The summed E-state index contributed by atoms with van der Waals surface area (Å²) in [6.07, 6.45) is 7.09. The van der Waals surface area contributed by atoms with Gasteiger partial charge in [-0.05, 0) is 25.9 Å². The number of piperidine rings is 1. The number of sulfone groups is 1. The van der Waals surface area contributed by atoms with Crippen molar-refractivity contribution in [1.82, 2.24) is 14.9 Å². The van der Waals surface area contributed by atoms with Gasteiger partial charge >= 0.3 is 0 Å². The highest BCUT2D eigenvalue weighted by Gasteiger charge is 2.19. The summed E-state index contributed by atoms with van der Waals surface area (Å²) < 4.78 is 24.3. The van der Waals surface area contributed by atoms with Crippen molar-refractivity contribution in [2.75, 3.05) is 25.1 Å². The minimum atomic E-state index is -2.91. The number of nitrogens with one attached hydrogen (secondary N) is 1. The summed E-state index contributed by atoms with van der Waals surface area (Å²) >= 11 is 0. The van der Waals surface area contributed by atoms with E-state index in [1.807, 2.05) is 10.8 Å². The van der Waals surface area contributed by atoms with Gasteiger partial charge in [0.25, 0.3) is 0 Å². The van der Waals surface area contributed by atoms with Gasteiger partial charge in [-0.3, -0.25) is 0 Å². The van der Waals surface area contributed by atoms with Crippen LogP contribution in [0.15, 0.2) is 12.5 Å². The van der Waals surface area contributed by atoms with E-state index in [0.717, 1.165) is 25.9 Å². The maximum Gasteiger partial charge on any atom is 0.149 e. The molecule has 0 bridgehead atoms. The molecule has 0 spiro atoms. The Morgan fingerprint density at radius 1 is 1.47 bits per heavy atom. The molecule has 17 heavy (non-hydrogen) atoms. The molecule has 0 saturated carbocycles. The van der Waals surface area contributed by atoms with Crippen molar-refractivity contribution in [1.29, 1.82) is 0 Å². The van der Waals surface area contributed by atoms with Crippen LogP contribution in [0.3, 0.4) is 0 Å². The van der Waals surface area contributed by atoms with Crippen molar-refractivity contribution in [3.8, 4) is 0 Å². The molecule has 0 unspecified atom stereocenters. The van der Waals surface area contributed by atoms with E-state index >= 15 is 0 Å². The van der Waals surface area contributed by atoms with Gasteiger partial charge in [0.1, 0.15) is 9.84 Å². The van der Waals surface area contributed by atoms with Gasteiger partial charge in [0.05, 0.1) is 12.1 Å². The number of aromatic nitrogens is 2. The molecule has 0 atom stereocenters. The molecule has 0 amide bonds. The van der Waals surface area contributed by atoms with Crippen LogP contribution in [0, 0.1) is 0 Å². The Balaban J connectivity index is 2.05. The van der Waals surface area contributed by atoms with E-state index in [-0.39, 0.29) is 5.75 Å². The summed E-state index contributed by atoms with van der Waals surface area (Å²) in [5, 5.41) is 3.33. The molecule has 1 aliphatic rings. The minimum absolute atomic E-state index is 0.182. The van der Waals surface area contributed by atoms with E-state index in [2.05, 4.69) is 10.3 Å². The van der Waals surface area contributed by atoms with Gasteiger partial charge in [0.15, 0.2) is 0 Å². The van der Waals surface area contributed by atoms with Crippen molar-refractivity contribution >= 4 is 9.84 Å². The molecular weight excluding hydrogens is 238 g/mol. The van der Waals surface area contributed by atoms with Crippen molar-refractivity contribution in [2.24, 2.45) is 0 Å². The standard InChI is InChI=1S/C11H19N3O2S/c1-17(15,16)7-6-14-9-13-8-11(14)10-2-4-12-5-3-10/h8-10,12H,2-7H2,1H3. The Hall–Kier alpha value is -0.880. The Kier molecular flexibility index (Phi) is 3.83. The lowest BCUT2D eigenvalue weighted by Crippen LogP contribution is -2.28. The molecule has 2 rings (SSSR count). The normalized spacial score (nSPS) is 18.4. The number of hydrogen-bond donors (Lipinski definition) is 1. The van der Waals surface area contributed by atoms with Gasteiger partial charge < -0.3 is 9.88 Å². The molecule has 96 valence electrons. The van der Waals surface area contributed by atoms with E-state index < -0.39 is 9.84 Å². The molecule has 1 fully saturated rings. The molecule has 0 aliphatic carbocycles. The number of nitrogens with zero attached hydrogens (tertiary/aromatic N) is 2. The van der Waals surface area contributed by atoms with Crippen LogP contribution in [0.2, 0.25) is 0 Å². The monoisotopic (exact) mass is 257 g/mol. The second-order valence-corrected chi connectivity index (χ2v) is 6.93. The second-order valence-electron chi connectivity index (χ2n) is 4.67. The third-order valence-corrected chi connectivity index (χ3v) is 4.13. The molecule has 1 aromatic heterocycles. The molecule has 0 radical (unpaired) electrons. The summed E-state index contributed by atoms with van der Waals surface area (Å²) in [5.74, 6) is 0.694. The predicted octanol–water partition coefficient (Wildman–Crippen LogP) is 0.395. The van der Waals surface area contributed by atoms with Crippen molar-refractivity contribution in [3.63, 3.8) is 0 Å². The van der Waals surface area contributed by atoms with Gasteiger partial charge in [0, 0.05) is 30.6 Å². The maximum atomic E-state index is 11.2. The van der Waals surface area contributed by atoms with Crippen LogP contribution < -0.4 is 5.32 Å². The number of rotatable bonds is 4. The van der Waals surface area contributed by atoms with Crippen molar-refractivity contribution < 1.29 is 8.42 Å². The molecule has 5 nitrogen and oxygen atoms in total. The SMILES string of the molecule is CS(=O)(=O)CCn1cncc1C1CCNCC1. The summed E-state index contributed by atoms with van der Waals surface area (Å²) in [5.41, 5.74) is 1.18. The number of aryl methyl sites for hydroxylation is 1. The van der Waals surface area contributed by atoms with Gasteiger partial charge in [-0.15, -0.1) is 0 Å². The highest BCUT2D eigenvalue weighted by atomic mass is 32.2. The molecular formula is C11H19N3O2S. The first-order chi connectivity index (χ1) is 8.06. The minimum Gasteiger partial charge on any atom is -0.333 e. The van der Waals surface area contributed by atoms with E-state index in [1.54, 1.807) is 6.33 Å². The zero-order valence-corrected chi connectivity index (χ0v) is 10.9. The number of imidazole rings is 1. The summed E-state index contributed by atoms with van der Waals surface area (Å²) in [6.45, 7) is 2.57. The van der Waals surface area contributed by atoms with E-state index in [4.69, 9.17) is 0 Å². The lowest BCUT2D eigenvalue weighted by Gasteiger charge is -2.23. The lowest BCUT2D eigenvalue weighted by atomic mass is 9.95. The number of hydrogen-bond acceptors (Lipinski definition) is 4. The molecule has 0 aromatic carbocycles. The van der Waals surface area contributed by atoms with Gasteiger partial charge in [-0.2, -0.15) is 0 Å². The van der Waals surface area contributed by atoms with Gasteiger partial charge in [-0.25, -0.2) is 13.4 Å². The van der Waals surface area contributed by atoms with Crippen LogP contribution >= 0.6 is 0 Å². The van der Waals surface area contributed by atoms with Crippen LogP contribution in [-0.2, 0) is 16.4 Å². The molecule has 1 aliphatic heterocycles. The topological polar surface area (TPSA) is 64.0 Å². The smallest absolute Gasteiger partial charge is 0.149 e. The zero-order valence-electron chi connectivity index (χ0n) is 10.1. The largest absolute Gasteiger partial charge is 0.333 e. The first kappa shape index (κ1) is 12.6. The third kappa shape index (κ3) is 3.54. The van der Waals surface area contributed by atoms with Crippen LogP contribution in [0.4, 0.5) is 0 Å². The van der Waals surface area contributed by atoms with E-state index in [1.165, 1.54) is 11.9 Å². The van der Waals surface area contributed by atoms with Gasteiger partial charge in [-0.1, -0.05) is 0 Å². The Morgan fingerprint density at radius 3 is 2.82 bits per heavy atom. The van der Waals surface area contributed by atoms with Crippen molar-refractivity contribution in [2.45, 2.75) is 25.3 Å². The van der Waals surface area contributed by atoms with Gasteiger partial charge in [0.2, 0.25) is 0 Å². The fraction of sp³-hybridized carbons (Fsp3) is 0.727. The summed E-state index contributed by atoms with van der Waals surface area (Å²) in [6, 6.07) is 0. The molecule has 1 N–H and O–H groups in total. The second kappa shape index (κ2) is 5.18. The van der Waals surface area contributed by atoms with Crippen LogP contribution in [-0.4, -0.2) is 43.1 Å². The summed E-state index contributed by atoms with van der Waals surface area (Å²) in [4.78, 5) is 4.15. The van der Waals surface area contributed by atoms with Crippen LogP contribution in [0.1, 0.15) is 24.5 Å². The Labute approximate surface area is 102 Å². The predicted molar refractivity (Wildman–Crippen MR) is 66.8 cm³/mol. The Bertz CT molecular complexity index is 461. The quantitative estimate of drug-likeness (QED) is 0.848. The third-order valence-electron chi connectivity index (χ3n) is 3.20. The zero-order chi connectivity index (χ0) is 12.3. The van der Waals surface area contributed by atoms with Crippen LogP contribution in [0.25, 0.3) is 0 Å². The van der Waals surface area contributed by atoms with E-state index in [9.17, 15) is 8.42 Å². The average Bonchev–Trinajstić information content (AvgIpc) is 2.75. The summed E-state index contributed by atoms with van der Waals surface area (Å²) in [7, 11) is -2.91. The van der Waals surface area contributed by atoms with Crippen LogP contribution in [0.5, 0.6) is 0 Å².